The summed E-state index contributed by atoms with van der Waals surface area (Å²) in [6.45, 7) is 0. The molecule has 5 nitrogen and oxygen atoms in total. The van der Waals surface area contributed by atoms with Gasteiger partial charge in [-0.25, -0.2) is 9.59 Å². The minimum atomic E-state index is -0.419. The average Bonchev–Trinajstić information content (AvgIpc) is 2.65. The standard InChI is InChI=1S/C9H13NO4/c1-13-8(11)5-6-3-4-7(10-6)9(12)14-2/h5,7,10H,3-4H2,1-2H3/b6-5-. The second-order valence-electron chi connectivity index (χ2n) is 2.95. The van der Waals surface area contributed by atoms with Gasteiger partial charge in [-0.05, 0) is 12.8 Å². The molecule has 0 aromatic carbocycles. The molecule has 1 rings (SSSR count). The van der Waals surface area contributed by atoms with Gasteiger partial charge in [0.2, 0.25) is 0 Å². The van der Waals surface area contributed by atoms with Crippen LogP contribution in [-0.4, -0.2) is 32.2 Å². The fraction of sp³-hybridized carbons (Fsp3) is 0.556. The van der Waals surface area contributed by atoms with E-state index in [9.17, 15) is 9.59 Å². The van der Waals surface area contributed by atoms with Crippen LogP contribution in [0.15, 0.2) is 11.8 Å². The molecule has 0 bridgehead atoms. The molecule has 1 N–H and O–H groups in total. The van der Waals surface area contributed by atoms with Gasteiger partial charge >= 0.3 is 11.9 Å². The first kappa shape index (κ1) is 10.6. The lowest BCUT2D eigenvalue weighted by Gasteiger charge is -2.07. The first-order chi connectivity index (χ1) is 6.67. The van der Waals surface area contributed by atoms with E-state index in [-0.39, 0.29) is 12.0 Å². The first-order valence-electron chi connectivity index (χ1n) is 4.30. The van der Waals surface area contributed by atoms with Gasteiger partial charge in [0.15, 0.2) is 0 Å². The number of esters is 2. The highest BCUT2D eigenvalue weighted by Crippen LogP contribution is 2.16. The Morgan fingerprint density at radius 3 is 2.71 bits per heavy atom. The largest absolute Gasteiger partial charge is 0.467 e. The fourth-order valence-electron chi connectivity index (χ4n) is 1.30. The van der Waals surface area contributed by atoms with Gasteiger partial charge in [0.25, 0.3) is 0 Å². The van der Waals surface area contributed by atoms with Crippen LogP contribution in [0.25, 0.3) is 0 Å². The number of carbonyl (C=O) groups is 2. The van der Waals surface area contributed by atoms with Crippen LogP contribution in [0.3, 0.4) is 0 Å². The Hall–Kier alpha value is -1.52. The molecule has 0 radical (unpaired) electrons. The van der Waals surface area contributed by atoms with Crippen LogP contribution in [0.5, 0.6) is 0 Å². The molecule has 78 valence electrons. The van der Waals surface area contributed by atoms with Crippen LogP contribution in [0.4, 0.5) is 0 Å². The van der Waals surface area contributed by atoms with Crippen LogP contribution in [-0.2, 0) is 19.1 Å². The van der Waals surface area contributed by atoms with Crippen LogP contribution >= 0.6 is 0 Å². The van der Waals surface area contributed by atoms with Crippen molar-refractivity contribution in [2.24, 2.45) is 0 Å². The summed E-state index contributed by atoms with van der Waals surface area (Å²) < 4.78 is 9.03. The lowest BCUT2D eigenvalue weighted by molar-refractivity contribution is -0.142. The van der Waals surface area contributed by atoms with Crippen molar-refractivity contribution in [3.05, 3.63) is 11.8 Å². The molecule has 1 aliphatic rings. The number of hydrogen-bond acceptors (Lipinski definition) is 5. The normalized spacial score (nSPS) is 23.0. The Morgan fingerprint density at radius 1 is 1.43 bits per heavy atom. The van der Waals surface area contributed by atoms with E-state index in [1.54, 1.807) is 0 Å². The maximum Gasteiger partial charge on any atom is 0.332 e. The molecule has 0 aliphatic carbocycles. The number of carbonyl (C=O) groups excluding carboxylic acids is 2. The van der Waals surface area contributed by atoms with Crippen molar-refractivity contribution in [1.82, 2.24) is 5.32 Å². The monoisotopic (exact) mass is 199 g/mol. The smallest absolute Gasteiger partial charge is 0.332 e. The van der Waals surface area contributed by atoms with Gasteiger partial charge in [-0.2, -0.15) is 0 Å². The molecular weight excluding hydrogens is 186 g/mol. The van der Waals surface area contributed by atoms with Gasteiger partial charge in [0.1, 0.15) is 6.04 Å². The van der Waals surface area contributed by atoms with Gasteiger partial charge in [-0.15, -0.1) is 0 Å². The zero-order chi connectivity index (χ0) is 10.6. The van der Waals surface area contributed by atoms with Crippen molar-refractivity contribution in [3.63, 3.8) is 0 Å². The van der Waals surface area contributed by atoms with Crippen LogP contribution in [0, 0.1) is 0 Å². The third-order valence-electron chi connectivity index (χ3n) is 2.04. The van der Waals surface area contributed by atoms with E-state index >= 15 is 0 Å². The predicted octanol–water partition coefficient (Wildman–Crippen LogP) is -0.0317. The molecular formula is C9H13NO4. The number of allylic oxidation sites excluding steroid dienone is 1. The van der Waals surface area contributed by atoms with E-state index in [4.69, 9.17) is 0 Å². The van der Waals surface area contributed by atoms with E-state index < -0.39 is 5.97 Å². The van der Waals surface area contributed by atoms with Gasteiger partial charge in [0.05, 0.1) is 14.2 Å². The highest BCUT2D eigenvalue weighted by atomic mass is 16.5. The second-order valence-corrected chi connectivity index (χ2v) is 2.95. The van der Waals surface area contributed by atoms with E-state index in [0.29, 0.717) is 18.5 Å². The molecule has 14 heavy (non-hydrogen) atoms. The van der Waals surface area contributed by atoms with E-state index in [1.807, 2.05) is 0 Å². The van der Waals surface area contributed by atoms with Crippen LogP contribution in [0.1, 0.15) is 12.8 Å². The molecule has 0 amide bonds. The van der Waals surface area contributed by atoms with Crippen molar-refractivity contribution in [1.29, 1.82) is 0 Å². The minimum Gasteiger partial charge on any atom is -0.467 e. The summed E-state index contributed by atoms with van der Waals surface area (Å²) in [5.74, 6) is -0.726. The number of methoxy groups -OCH3 is 2. The zero-order valence-corrected chi connectivity index (χ0v) is 8.20. The van der Waals surface area contributed by atoms with E-state index in [1.165, 1.54) is 20.3 Å². The maximum absolute atomic E-state index is 11.1. The Labute approximate surface area is 82.1 Å². The molecule has 0 saturated carbocycles. The zero-order valence-electron chi connectivity index (χ0n) is 8.20. The Kier molecular flexibility index (Phi) is 3.50. The topological polar surface area (TPSA) is 64.6 Å². The van der Waals surface area contributed by atoms with E-state index in [0.717, 1.165) is 0 Å². The van der Waals surface area contributed by atoms with E-state index in [2.05, 4.69) is 14.8 Å². The first-order valence-corrected chi connectivity index (χ1v) is 4.30. The average molecular weight is 199 g/mol. The molecule has 1 atom stereocenters. The Morgan fingerprint density at radius 2 is 2.14 bits per heavy atom. The molecule has 0 aromatic heterocycles. The third-order valence-corrected chi connectivity index (χ3v) is 2.04. The quantitative estimate of drug-likeness (QED) is 0.499. The summed E-state index contributed by atoms with van der Waals surface area (Å²) in [6, 6.07) is -0.337. The lowest BCUT2D eigenvalue weighted by atomic mass is 10.2. The van der Waals surface area contributed by atoms with Gasteiger partial charge in [-0.1, -0.05) is 0 Å². The number of rotatable bonds is 2. The molecule has 5 heteroatoms. The van der Waals surface area contributed by atoms with Crippen LogP contribution in [0.2, 0.25) is 0 Å². The molecule has 1 fully saturated rings. The third kappa shape index (κ3) is 2.48. The van der Waals surface area contributed by atoms with Crippen LogP contribution < -0.4 is 5.32 Å². The SMILES string of the molecule is COC(=O)/C=C1/CCC(C(=O)OC)N1. The molecule has 1 heterocycles. The molecule has 1 saturated heterocycles. The molecule has 1 aliphatic heterocycles. The number of ether oxygens (including phenoxy) is 2. The van der Waals surface area contributed by atoms with Gasteiger partial charge < -0.3 is 14.8 Å². The predicted molar refractivity (Wildman–Crippen MR) is 48.3 cm³/mol. The highest BCUT2D eigenvalue weighted by molar-refractivity contribution is 5.83. The summed E-state index contributed by atoms with van der Waals surface area (Å²) in [5.41, 5.74) is 0.715. The number of nitrogens with one attached hydrogen (secondary N) is 1. The highest BCUT2D eigenvalue weighted by Gasteiger charge is 2.25. The van der Waals surface area contributed by atoms with Crippen molar-refractivity contribution in [2.75, 3.05) is 14.2 Å². The Balaban J connectivity index is 2.53. The summed E-state index contributed by atoms with van der Waals surface area (Å²) in [6.07, 6.45) is 2.66. The maximum atomic E-state index is 11.1. The number of hydrogen-bond donors (Lipinski definition) is 1. The van der Waals surface area contributed by atoms with Crippen molar-refractivity contribution in [2.45, 2.75) is 18.9 Å². The fourth-order valence-corrected chi connectivity index (χ4v) is 1.30. The second kappa shape index (κ2) is 4.64. The lowest BCUT2D eigenvalue weighted by Crippen LogP contribution is -2.31. The molecule has 0 spiro atoms. The minimum absolute atomic E-state index is 0.307. The van der Waals surface area contributed by atoms with Crippen molar-refractivity contribution < 1.29 is 19.1 Å². The summed E-state index contributed by atoms with van der Waals surface area (Å²) >= 11 is 0. The summed E-state index contributed by atoms with van der Waals surface area (Å²) in [4.78, 5) is 21.9. The summed E-state index contributed by atoms with van der Waals surface area (Å²) in [5, 5.41) is 2.89. The van der Waals surface area contributed by atoms with Crippen molar-refractivity contribution >= 4 is 11.9 Å². The summed E-state index contributed by atoms with van der Waals surface area (Å²) in [7, 11) is 2.65. The molecule has 1 unspecified atom stereocenters. The molecule has 0 aromatic rings. The van der Waals surface area contributed by atoms with Gasteiger partial charge in [0, 0.05) is 11.8 Å². The van der Waals surface area contributed by atoms with Crippen molar-refractivity contribution in [3.8, 4) is 0 Å². The van der Waals surface area contributed by atoms with Gasteiger partial charge in [-0.3, -0.25) is 0 Å². The Bertz CT molecular complexity index is 272.